The van der Waals surface area contributed by atoms with Gasteiger partial charge in [0.2, 0.25) is 5.91 Å². The van der Waals surface area contributed by atoms with Crippen LogP contribution in [0, 0.1) is 0 Å². The second kappa shape index (κ2) is 5.36. The van der Waals surface area contributed by atoms with Crippen molar-refractivity contribution in [1.29, 1.82) is 0 Å². The van der Waals surface area contributed by atoms with Crippen LogP contribution in [0.25, 0.3) is 0 Å². The van der Waals surface area contributed by atoms with Gasteiger partial charge >= 0.3 is 0 Å². The molecule has 98 valence electrons. The quantitative estimate of drug-likeness (QED) is 0.770. The number of nitrogens with one attached hydrogen (secondary N) is 1. The molecule has 2 aliphatic heterocycles. The van der Waals surface area contributed by atoms with E-state index in [-0.39, 0.29) is 6.04 Å². The number of piperazine rings is 1. The maximum Gasteiger partial charge on any atom is 0.239 e. The van der Waals surface area contributed by atoms with Crippen molar-refractivity contribution in [2.45, 2.75) is 51.7 Å². The van der Waals surface area contributed by atoms with Crippen molar-refractivity contribution in [3.05, 3.63) is 0 Å². The normalized spacial score (nSPS) is 32.8. The Hall–Kier alpha value is -0.610. The minimum Gasteiger partial charge on any atom is -0.339 e. The van der Waals surface area contributed by atoms with Gasteiger partial charge in [0.25, 0.3) is 0 Å². The molecule has 1 amide bonds. The lowest BCUT2D eigenvalue weighted by Crippen LogP contribution is -2.54. The molecule has 2 saturated heterocycles. The molecule has 0 saturated carbocycles. The zero-order valence-electron chi connectivity index (χ0n) is 11.3. The van der Waals surface area contributed by atoms with Crippen LogP contribution in [0.3, 0.4) is 0 Å². The summed E-state index contributed by atoms with van der Waals surface area (Å²) < 4.78 is 0. The van der Waals surface area contributed by atoms with E-state index in [4.69, 9.17) is 0 Å². The van der Waals surface area contributed by atoms with E-state index < -0.39 is 0 Å². The van der Waals surface area contributed by atoms with Gasteiger partial charge in [0.05, 0.1) is 6.04 Å². The first-order chi connectivity index (χ1) is 8.11. The number of likely N-dealkylation sites (tertiary alicyclic amines) is 1. The van der Waals surface area contributed by atoms with Crippen LogP contribution >= 0.6 is 0 Å². The topological polar surface area (TPSA) is 35.6 Å². The highest BCUT2D eigenvalue weighted by Crippen LogP contribution is 2.26. The van der Waals surface area contributed by atoms with Crippen molar-refractivity contribution in [1.82, 2.24) is 15.1 Å². The van der Waals surface area contributed by atoms with Crippen LogP contribution in [0.4, 0.5) is 0 Å². The van der Waals surface area contributed by atoms with Crippen molar-refractivity contribution >= 4 is 5.91 Å². The number of hydrogen-bond donors (Lipinski definition) is 1. The molecule has 2 rings (SSSR count). The van der Waals surface area contributed by atoms with Crippen LogP contribution < -0.4 is 5.32 Å². The third kappa shape index (κ3) is 2.63. The van der Waals surface area contributed by atoms with Crippen molar-refractivity contribution in [2.24, 2.45) is 0 Å². The third-order valence-electron chi connectivity index (χ3n) is 4.25. The van der Waals surface area contributed by atoms with E-state index in [2.05, 4.69) is 31.0 Å². The fourth-order valence-corrected chi connectivity index (χ4v) is 3.26. The predicted octanol–water partition coefficient (Wildman–Crippen LogP) is 0.680. The highest BCUT2D eigenvalue weighted by Gasteiger charge is 2.36. The molecule has 0 aromatic carbocycles. The van der Waals surface area contributed by atoms with Crippen molar-refractivity contribution in [3.8, 4) is 0 Å². The summed E-state index contributed by atoms with van der Waals surface area (Å²) in [5.74, 6) is 0.312. The lowest BCUT2D eigenvalue weighted by Gasteiger charge is -2.36. The monoisotopic (exact) mass is 239 g/mol. The first-order valence-corrected chi connectivity index (χ1v) is 6.88. The van der Waals surface area contributed by atoms with Crippen LogP contribution in [-0.2, 0) is 4.79 Å². The second-order valence-corrected chi connectivity index (χ2v) is 5.47. The van der Waals surface area contributed by atoms with E-state index in [1.165, 1.54) is 12.8 Å². The van der Waals surface area contributed by atoms with Crippen molar-refractivity contribution in [3.63, 3.8) is 0 Å². The van der Waals surface area contributed by atoms with Crippen molar-refractivity contribution < 1.29 is 4.79 Å². The van der Waals surface area contributed by atoms with E-state index in [1.54, 1.807) is 0 Å². The van der Waals surface area contributed by atoms with Gasteiger partial charge < -0.3 is 10.2 Å². The number of amides is 1. The van der Waals surface area contributed by atoms with Gasteiger partial charge in [-0.25, -0.2) is 0 Å². The van der Waals surface area contributed by atoms with Crippen LogP contribution in [-0.4, -0.2) is 60.0 Å². The van der Waals surface area contributed by atoms with Gasteiger partial charge in [-0.15, -0.1) is 0 Å². The molecular formula is C13H25N3O. The Morgan fingerprint density at radius 2 is 1.71 bits per heavy atom. The summed E-state index contributed by atoms with van der Waals surface area (Å²) in [4.78, 5) is 16.8. The predicted molar refractivity (Wildman–Crippen MR) is 68.9 cm³/mol. The maximum atomic E-state index is 12.4. The molecule has 17 heavy (non-hydrogen) atoms. The Morgan fingerprint density at radius 3 is 2.24 bits per heavy atom. The van der Waals surface area contributed by atoms with Gasteiger partial charge in [-0.05, 0) is 33.6 Å². The molecule has 3 atom stereocenters. The largest absolute Gasteiger partial charge is 0.339 e. The number of rotatable bonds is 2. The molecule has 4 nitrogen and oxygen atoms in total. The molecule has 3 unspecified atom stereocenters. The molecule has 0 aliphatic carbocycles. The summed E-state index contributed by atoms with van der Waals surface area (Å²) in [6.07, 6.45) is 2.45. The number of carbonyl (C=O) groups excluding carboxylic acids is 1. The first kappa shape index (κ1) is 12.8. The fraction of sp³-hybridized carbons (Fsp3) is 0.923. The Kier molecular flexibility index (Phi) is 4.05. The van der Waals surface area contributed by atoms with Gasteiger partial charge in [-0.2, -0.15) is 0 Å². The van der Waals surface area contributed by atoms with Crippen LogP contribution in [0.15, 0.2) is 0 Å². The second-order valence-electron chi connectivity index (χ2n) is 5.47. The fourth-order valence-electron chi connectivity index (χ4n) is 3.26. The maximum absolute atomic E-state index is 12.4. The minimum atomic E-state index is 0.0422. The molecule has 2 heterocycles. The SMILES string of the molecule is CC1CCC(C)N1C(C)C(=O)N1CCNCC1. The molecule has 0 spiro atoms. The summed E-state index contributed by atoms with van der Waals surface area (Å²) in [7, 11) is 0. The minimum absolute atomic E-state index is 0.0422. The molecular weight excluding hydrogens is 214 g/mol. The van der Waals surface area contributed by atoms with Crippen molar-refractivity contribution in [2.75, 3.05) is 26.2 Å². The smallest absolute Gasteiger partial charge is 0.239 e. The highest BCUT2D eigenvalue weighted by molar-refractivity contribution is 5.81. The molecule has 0 bridgehead atoms. The van der Waals surface area contributed by atoms with Gasteiger partial charge in [0.1, 0.15) is 0 Å². The highest BCUT2D eigenvalue weighted by atomic mass is 16.2. The molecule has 0 radical (unpaired) electrons. The van der Waals surface area contributed by atoms with Gasteiger partial charge in [0, 0.05) is 38.3 Å². The summed E-state index contributed by atoms with van der Waals surface area (Å²) in [5, 5.41) is 3.29. The Morgan fingerprint density at radius 1 is 1.18 bits per heavy atom. The molecule has 1 N–H and O–H groups in total. The number of nitrogens with zero attached hydrogens (tertiary/aromatic N) is 2. The number of hydrogen-bond acceptors (Lipinski definition) is 3. The third-order valence-corrected chi connectivity index (χ3v) is 4.25. The molecule has 0 aromatic rings. The van der Waals surface area contributed by atoms with Crippen LogP contribution in [0.5, 0.6) is 0 Å². The van der Waals surface area contributed by atoms with Gasteiger partial charge in [0.15, 0.2) is 0 Å². The number of carbonyl (C=O) groups is 1. The Labute approximate surface area is 104 Å². The lowest BCUT2D eigenvalue weighted by atomic mass is 10.1. The van der Waals surface area contributed by atoms with Crippen LogP contribution in [0.2, 0.25) is 0 Å². The molecule has 2 fully saturated rings. The Bertz CT molecular complexity index is 266. The van der Waals surface area contributed by atoms with Gasteiger partial charge in [-0.1, -0.05) is 0 Å². The van der Waals surface area contributed by atoms with E-state index in [9.17, 15) is 4.79 Å². The molecule has 2 aliphatic rings. The Balaban J connectivity index is 1.98. The van der Waals surface area contributed by atoms with Gasteiger partial charge in [-0.3, -0.25) is 9.69 Å². The summed E-state index contributed by atoms with van der Waals surface area (Å²) in [6, 6.07) is 1.14. The lowest BCUT2D eigenvalue weighted by molar-refractivity contribution is -0.138. The van der Waals surface area contributed by atoms with E-state index in [0.29, 0.717) is 18.0 Å². The van der Waals surface area contributed by atoms with E-state index in [1.807, 2.05) is 4.90 Å². The molecule has 4 heteroatoms. The first-order valence-electron chi connectivity index (χ1n) is 6.88. The van der Waals surface area contributed by atoms with E-state index >= 15 is 0 Å². The summed E-state index contributed by atoms with van der Waals surface area (Å²) >= 11 is 0. The van der Waals surface area contributed by atoms with Crippen LogP contribution in [0.1, 0.15) is 33.6 Å². The summed E-state index contributed by atoms with van der Waals surface area (Å²) in [6.45, 7) is 10.1. The zero-order chi connectivity index (χ0) is 12.4. The van der Waals surface area contributed by atoms with E-state index in [0.717, 1.165) is 26.2 Å². The zero-order valence-corrected chi connectivity index (χ0v) is 11.3. The standard InChI is InChI=1S/C13H25N3O/c1-10-4-5-11(2)16(10)12(3)13(17)15-8-6-14-7-9-15/h10-12,14H,4-9H2,1-3H3. The average Bonchev–Trinajstić information content (AvgIpc) is 2.68. The average molecular weight is 239 g/mol. The summed E-state index contributed by atoms with van der Waals surface area (Å²) in [5.41, 5.74) is 0. The molecule has 0 aromatic heterocycles.